The summed E-state index contributed by atoms with van der Waals surface area (Å²) >= 11 is 0. The van der Waals surface area contributed by atoms with Crippen molar-refractivity contribution in [2.45, 2.75) is 25.8 Å². The molecule has 1 amide bonds. The minimum Gasteiger partial charge on any atom is -0.376 e. The molecule has 2 N–H and O–H groups in total. The first-order chi connectivity index (χ1) is 12.7. The van der Waals surface area contributed by atoms with Crippen LogP contribution in [0.2, 0.25) is 0 Å². The SMILES string of the molecule is Cc1ccc(NC(=O)CNc2cccc(-c3nnnn3C3CC3)c2)cc1. The van der Waals surface area contributed by atoms with E-state index in [-0.39, 0.29) is 12.5 Å². The maximum Gasteiger partial charge on any atom is 0.243 e. The van der Waals surface area contributed by atoms with Crippen molar-refractivity contribution in [3.8, 4) is 11.4 Å². The maximum absolute atomic E-state index is 12.1. The van der Waals surface area contributed by atoms with Gasteiger partial charge < -0.3 is 10.6 Å². The zero-order chi connectivity index (χ0) is 17.9. The number of hydrogen-bond acceptors (Lipinski definition) is 5. The first-order valence-corrected chi connectivity index (χ1v) is 8.68. The van der Waals surface area contributed by atoms with Crippen molar-refractivity contribution in [3.63, 3.8) is 0 Å². The number of carbonyl (C=O) groups is 1. The van der Waals surface area contributed by atoms with Gasteiger partial charge in [-0.1, -0.05) is 29.8 Å². The average Bonchev–Trinajstić information content (AvgIpc) is 3.38. The van der Waals surface area contributed by atoms with E-state index >= 15 is 0 Å². The molecular formula is C19H20N6O. The fourth-order valence-corrected chi connectivity index (χ4v) is 2.74. The highest BCUT2D eigenvalue weighted by Gasteiger charge is 2.28. The highest BCUT2D eigenvalue weighted by molar-refractivity contribution is 5.93. The summed E-state index contributed by atoms with van der Waals surface area (Å²) in [7, 11) is 0. The number of hydrogen-bond donors (Lipinski definition) is 2. The largest absolute Gasteiger partial charge is 0.376 e. The van der Waals surface area contributed by atoms with Crippen LogP contribution < -0.4 is 10.6 Å². The van der Waals surface area contributed by atoms with E-state index in [4.69, 9.17) is 0 Å². The molecule has 1 aliphatic carbocycles. The number of rotatable bonds is 6. The molecule has 7 nitrogen and oxygen atoms in total. The van der Waals surface area contributed by atoms with Gasteiger partial charge in [0, 0.05) is 16.9 Å². The van der Waals surface area contributed by atoms with Crippen LogP contribution in [0.15, 0.2) is 48.5 Å². The molecule has 1 aromatic heterocycles. The van der Waals surface area contributed by atoms with Gasteiger partial charge in [-0.05, 0) is 54.5 Å². The Morgan fingerprint density at radius 3 is 2.73 bits per heavy atom. The van der Waals surface area contributed by atoms with Crippen molar-refractivity contribution in [2.75, 3.05) is 17.2 Å². The summed E-state index contributed by atoms with van der Waals surface area (Å²) < 4.78 is 1.88. The summed E-state index contributed by atoms with van der Waals surface area (Å²) in [5, 5.41) is 18.0. The molecule has 2 aromatic carbocycles. The van der Waals surface area contributed by atoms with Gasteiger partial charge in [0.2, 0.25) is 5.91 Å². The number of amides is 1. The number of anilines is 2. The molecule has 7 heteroatoms. The van der Waals surface area contributed by atoms with Crippen molar-refractivity contribution >= 4 is 17.3 Å². The van der Waals surface area contributed by atoms with Gasteiger partial charge in [-0.2, -0.15) is 0 Å². The topological polar surface area (TPSA) is 84.7 Å². The van der Waals surface area contributed by atoms with Crippen molar-refractivity contribution in [1.82, 2.24) is 20.2 Å². The third kappa shape index (κ3) is 3.72. The molecule has 0 aliphatic heterocycles. The minimum atomic E-state index is -0.0953. The first kappa shape index (κ1) is 16.3. The zero-order valence-electron chi connectivity index (χ0n) is 14.5. The first-order valence-electron chi connectivity index (χ1n) is 8.68. The monoisotopic (exact) mass is 348 g/mol. The van der Waals surface area contributed by atoms with Crippen LogP contribution in [-0.2, 0) is 4.79 Å². The van der Waals surface area contributed by atoms with Crippen LogP contribution in [0.4, 0.5) is 11.4 Å². The summed E-state index contributed by atoms with van der Waals surface area (Å²) in [5.41, 5.74) is 3.74. The fourth-order valence-electron chi connectivity index (χ4n) is 2.74. The molecule has 26 heavy (non-hydrogen) atoms. The van der Waals surface area contributed by atoms with Crippen molar-refractivity contribution in [3.05, 3.63) is 54.1 Å². The number of carbonyl (C=O) groups excluding carboxylic acids is 1. The lowest BCUT2D eigenvalue weighted by molar-refractivity contribution is -0.114. The summed E-state index contributed by atoms with van der Waals surface area (Å²) in [4.78, 5) is 12.1. The van der Waals surface area contributed by atoms with Crippen molar-refractivity contribution < 1.29 is 4.79 Å². The molecule has 3 aromatic rings. The van der Waals surface area contributed by atoms with Crippen LogP contribution in [-0.4, -0.2) is 32.7 Å². The van der Waals surface area contributed by atoms with Crippen LogP contribution in [0.1, 0.15) is 24.4 Å². The standard InChI is InChI=1S/C19H20N6O/c1-13-5-7-15(8-6-13)21-18(26)12-20-16-4-2-3-14(11-16)19-22-23-24-25(19)17-9-10-17/h2-8,11,17,20H,9-10,12H2,1H3,(H,21,26). The van der Waals surface area contributed by atoms with E-state index in [1.54, 1.807) is 0 Å². The number of nitrogens with one attached hydrogen (secondary N) is 2. The van der Waals surface area contributed by atoms with Crippen LogP contribution in [0.25, 0.3) is 11.4 Å². The number of tetrazole rings is 1. The molecule has 0 unspecified atom stereocenters. The van der Waals surface area contributed by atoms with Crippen LogP contribution >= 0.6 is 0 Å². The van der Waals surface area contributed by atoms with Gasteiger partial charge in [0.25, 0.3) is 0 Å². The predicted molar refractivity (Wildman–Crippen MR) is 99.8 cm³/mol. The minimum absolute atomic E-state index is 0.0953. The van der Waals surface area contributed by atoms with Gasteiger partial charge in [-0.25, -0.2) is 4.68 Å². The van der Waals surface area contributed by atoms with E-state index in [9.17, 15) is 4.79 Å². The Bertz CT molecular complexity index is 914. The lowest BCUT2D eigenvalue weighted by Gasteiger charge is -2.09. The lowest BCUT2D eigenvalue weighted by Crippen LogP contribution is -2.21. The van der Waals surface area contributed by atoms with Gasteiger partial charge in [0.15, 0.2) is 5.82 Å². The summed E-state index contributed by atoms with van der Waals surface area (Å²) in [6, 6.07) is 15.9. The van der Waals surface area contributed by atoms with Gasteiger partial charge in [0.1, 0.15) is 0 Å². The van der Waals surface area contributed by atoms with Gasteiger partial charge in [-0.3, -0.25) is 4.79 Å². The van der Waals surface area contributed by atoms with E-state index in [2.05, 4.69) is 26.2 Å². The second-order valence-corrected chi connectivity index (χ2v) is 6.53. The quantitative estimate of drug-likeness (QED) is 0.715. The molecule has 0 spiro atoms. The lowest BCUT2D eigenvalue weighted by atomic mass is 10.2. The number of aryl methyl sites for hydroxylation is 1. The number of benzene rings is 2. The molecule has 0 radical (unpaired) electrons. The molecule has 4 rings (SSSR count). The van der Waals surface area contributed by atoms with Gasteiger partial charge in [-0.15, -0.1) is 5.10 Å². The third-order valence-electron chi connectivity index (χ3n) is 4.29. The van der Waals surface area contributed by atoms with Crippen molar-refractivity contribution in [2.24, 2.45) is 0 Å². The predicted octanol–water partition coefficient (Wildman–Crippen LogP) is 3.03. The van der Waals surface area contributed by atoms with Crippen molar-refractivity contribution in [1.29, 1.82) is 0 Å². The molecule has 1 saturated carbocycles. The normalized spacial score (nSPS) is 13.4. The van der Waals surface area contributed by atoms with E-state index in [0.717, 1.165) is 41.2 Å². The van der Waals surface area contributed by atoms with E-state index in [1.165, 1.54) is 0 Å². The summed E-state index contributed by atoms with van der Waals surface area (Å²) in [6.45, 7) is 2.20. The molecule has 0 atom stereocenters. The zero-order valence-corrected chi connectivity index (χ0v) is 14.5. The second kappa shape index (κ2) is 6.95. The molecule has 0 saturated heterocycles. The smallest absolute Gasteiger partial charge is 0.243 e. The molecule has 1 heterocycles. The maximum atomic E-state index is 12.1. The van der Waals surface area contributed by atoms with Crippen LogP contribution in [0.3, 0.4) is 0 Å². The molecular weight excluding hydrogens is 328 g/mol. The molecule has 132 valence electrons. The molecule has 0 bridgehead atoms. The highest BCUT2D eigenvalue weighted by atomic mass is 16.1. The van der Waals surface area contributed by atoms with Crippen LogP contribution in [0, 0.1) is 6.92 Å². The average molecular weight is 348 g/mol. The number of nitrogens with zero attached hydrogens (tertiary/aromatic N) is 4. The molecule has 1 aliphatic rings. The second-order valence-electron chi connectivity index (χ2n) is 6.53. The Hall–Kier alpha value is -3.22. The Morgan fingerprint density at radius 1 is 1.15 bits per heavy atom. The number of aromatic nitrogens is 4. The van der Waals surface area contributed by atoms with Crippen LogP contribution in [0.5, 0.6) is 0 Å². The van der Waals surface area contributed by atoms with E-state index < -0.39 is 0 Å². The molecule has 1 fully saturated rings. The Labute approximate surface area is 151 Å². The Kier molecular flexibility index (Phi) is 4.35. The van der Waals surface area contributed by atoms with E-state index in [1.807, 2.05) is 60.1 Å². The Morgan fingerprint density at radius 2 is 1.96 bits per heavy atom. The highest BCUT2D eigenvalue weighted by Crippen LogP contribution is 2.36. The van der Waals surface area contributed by atoms with Gasteiger partial charge in [0.05, 0.1) is 12.6 Å². The van der Waals surface area contributed by atoms with E-state index in [0.29, 0.717) is 6.04 Å². The Balaban J connectivity index is 1.40. The summed E-state index contributed by atoms with van der Waals surface area (Å²) in [5.74, 6) is 0.669. The summed E-state index contributed by atoms with van der Waals surface area (Å²) in [6.07, 6.45) is 2.24. The third-order valence-corrected chi connectivity index (χ3v) is 4.29. The van der Waals surface area contributed by atoms with Gasteiger partial charge >= 0.3 is 0 Å². The fraction of sp³-hybridized carbons (Fsp3) is 0.263.